The molecule has 44 valence electrons. The summed E-state index contributed by atoms with van der Waals surface area (Å²) >= 11 is 4.93. The van der Waals surface area contributed by atoms with Crippen LogP contribution in [0.15, 0.2) is 0 Å². The molecule has 4 heteroatoms. The number of esters is 1. The minimum atomic E-state index is -0.482. The fourth-order valence-electron chi connectivity index (χ4n) is 0.174. The number of rotatable bonds is 2. The third kappa shape index (κ3) is 6.25. The van der Waals surface area contributed by atoms with Crippen molar-refractivity contribution in [2.45, 2.75) is 6.92 Å². The van der Waals surface area contributed by atoms with Gasteiger partial charge in [0, 0.05) is 19.5 Å². The first-order valence-electron chi connectivity index (χ1n) is 1.91. The van der Waals surface area contributed by atoms with E-state index in [-0.39, 0.29) is 19.5 Å². The van der Waals surface area contributed by atoms with Crippen LogP contribution in [-0.4, -0.2) is 12.6 Å². The van der Waals surface area contributed by atoms with Gasteiger partial charge in [-0.3, -0.25) is 4.79 Å². The van der Waals surface area contributed by atoms with Crippen molar-refractivity contribution in [3.05, 3.63) is 5.88 Å². The van der Waals surface area contributed by atoms with Crippen molar-refractivity contribution in [2.75, 3.05) is 6.61 Å². The van der Waals surface area contributed by atoms with Gasteiger partial charge >= 0.3 is 0 Å². The molecule has 0 radical (unpaired) electrons. The van der Waals surface area contributed by atoms with Gasteiger partial charge in [-0.25, -0.2) is 5.88 Å². The molecule has 0 aromatic rings. The van der Waals surface area contributed by atoms with E-state index in [1.54, 1.807) is 6.92 Å². The average molecular weight is 187 g/mol. The van der Waals surface area contributed by atoms with Gasteiger partial charge in [0.1, 0.15) is 0 Å². The van der Waals surface area contributed by atoms with Crippen LogP contribution in [0.3, 0.4) is 0 Å². The molecule has 0 fully saturated rings. The largest absolute Gasteiger partial charge is 0.487 e. The Bertz CT molecular complexity index is 67.1. The minimum absolute atomic E-state index is 0. The van der Waals surface area contributed by atoms with Gasteiger partial charge in [0.2, 0.25) is 0 Å². The Labute approximate surface area is 66.3 Å². The molecule has 2 nitrogen and oxygen atoms in total. The second kappa shape index (κ2) is 7.25. The smallest absolute Gasteiger partial charge is 0.180 e. The fraction of sp³-hybridized carbons (Fsp3) is 0.500. The molecule has 0 heterocycles. The normalized spacial score (nSPS) is 6.75. The van der Waals surface area contributed by atoms with Crippen molar-refractivity contribution in [2.24, 2.45) is 0 Å². The maximum atomic E-state index is 10.0. The van der Waals surface area contributed by atoms with Gasteiger partial charge in [0.15, 0.2) is 5.97 Å². The Balaban J connectivity index is 0. The van der Waals surface area contributed by atoms with Crippen molar-refractivity contribution in [1.82, 2.24) is 0 Å². The van der Waals surface area contributed by atoms with E-state index in [1.807, 2.05) is 0 Å². The molecule has 8 heavy (non-hydrogen) atoms. The van der Waals surface area contributed by atoms with Gasteiger partial charge < -0.3 is 16.3 Å². The van der Waals surface area contributed by atoms with E-state index in [2.05, 4.69) is 4.74 Å². The van der Waals surface area contributed by atoms with E-state index in [0.29, 0.717) is 6.61 Å². The van der Waals surface area contributed by atoms with E-state index >= 15 is 0 Å². The zero-order chi connectivity index (χ0) is 5.70. The fourth-order valence-corrected chi connectivity index (χ4v) is 0.237. The van der Waals surface area contributed by atoms with Crippen LogP contribution < -0.4 is 0 Å². The average Bonchev–Trinajstić information content (AvgIpc) is 1.68. The van der Waals surface area contributed by atoms with Crippen molar-refractivity contribution in [3.63, 3.8) is 0 Å². The Hall–Kier alpha value is 0.253. The number of halogens is 1. The third-order valence-corrected chi connectivity index (χ3v) is 0.554. The van der Waals surface area contributed by atoms with Gasteiger partial charge in [-0.05, 0) is 6.92 Å². The quantitative estimate of drug-likeness (QED) is 0.365. The molecule has 0 bridgehead atoms. The van der Waals surface area contributed by atoms with Gasteiger partial charge in [-0.1, -0.05) is 0 Å². The van der Waals surface area contributed by atoms with E-state index in [0.717, 1.165) is 5.88 Å². The van der Waals surface area contributed by atoms with E-state index in [9.17, 15) is 4.79 Å². The molecular weight excluding hydrogens is 181 g/mol. The molecule has 0 unspecified atom stereocenters. The van der Waals surface area contributed by atoms with Gasteiger partial charge in [-0.2, -0.15) is 0 Å². The first kappa shape index (κ1) is 11.1. The SMILES string of the molecule is CCOC(=O)[CH-]Cl.[Zn]. The topological polar surface area (TPSA) is 26.3 Å². The maximum Gasteiger partial charge on any atom is 0.180 e. The number of ether oxygens (including phenoxy) is 1. The van der Waals surface area contributed by atoms with Crippen LogP contribution in [0.4, 0.5) is 0 Å². The standard InChI is InChI=1S/C4H6ClO2.Zn/c1-2-7-4(6)3-5;/h3H,2H2,1H3;/q-1;. The maximum absolute atomic E-state index is 10.0. The minimum Gasteiger partial charge on any atom is -0.487 e. The Morgan fingerprint density at radius 3 is 2.50 bits per heavy atom. The summed E-state index contributed by atoms with van der Waals surface area (Å²) in [5, 5.41) is 0. The molecule has 0 spiro atoms. The summed E-state index contributed by atoms with van der Waals surface area (Å²) in [6.45, 7) is 2.10. The van der Waals surface area contributed by atoms with Crippen molar-refractivity contribution in [3.8, 4) is 0 Å². The van der Waals surface area contributed by atoms with Crippen LogP contribution in [-0.2, 0) is 29.0 Å². The molecule has 0 saturated heterocycles. The molecule has 0 rings (SSSR count). The van der Waals surface area contributed by atoms with Crippen LogP contribution in [0, 0.1) is 5.88 Å². The monoisotopic (exact) mass is 185 g/mol. The predicted molar refractivity (Wildman–Crippen MR) is 26.8 cm³/mol. The summed E-state index contributed by atoms with van der Waals surface area (Å²) in [6, 6.07) is 0. The number of hydrogen-bond acceptors (Lipinski definition) is 2. The zero-order valence-corrected chi connectivity index (χ0v) is 8.41. The first-order valence-corrected chi connectivity index (χ1v) is 2.35. The van der Waals surface area contributed by atoms with Gasteiger partial charge in [-0.15, -0.1) is 0 Å². The summed E-state index contributed by atoms with van der Waals surface area (Å²) < 4.78 is 4.36. The van der Waals surface area contributed by atoms with Crippen LogP contribution >= 0.6 is 11.6 Å². The summed E-state index contributed by atoms with van der Waals surface area (Å²) in [4.78, 5) is 10.0. The van der Waals surface area contributed by atoms with Gasteiger partial charge in [0.05, 0.1) is 6.61 Å². The molecule has 0 aliphatic carbocycles. The zero-order valence-electron chi connectivity index (χ0n) is 4.69. The van der Waals surface area contributed by atoms with Crippen molar-refractivity contribution >= 4 is 17.6 Å². The number of hydrogen-bond donors (Lipinski definition) is 0. The van der Waals surface area contributed by atoms with E-state index in [1.165, 1.54) is 0 Å². The summed E-state index contributed by atoms with van der Waals surface area (Å²) in [5.74, 6) is 0.382. The Morgan fingerprint density at radius 1 is 1.88 bits per heavy atom. The summed E-state index contributed by atoms with van der Waals surface area (Å²) in [6.07, 6.45) is 0. The van der Waals surface area contributed by atoms with Crippen LogP contribution in [0.2, 0.25) is 0 Å². The predicted octanol–water partition coefficient (Wildman–Crippen LogP) is 0.948. The molecule has 0 atom stereocenters. The molecule has 0 aromatic carbocycles. The summed E-state index contributed by atoms with van der Waals surface area (Å²) in [7, 11) is 0. The van der Waals surface area contributed by atoms with E-state index < -0.39 is 5.97 Å². The number of carbonyl (C=O) groups excluding carboxylic acids is 1. The second-order valence-corrected chi connectivity index (χ2v) is 1.08. The Kier molecular flexibility index (Phi) is 10.1. The molecule has 0 aliphatic heterocycles. The van der Waals surface area contributed by atoms with Crippen molar-refractivity contribution in [1.29, 1.82) is 0 Å². The molecule has 0 saturated carbocycles. The molecule has 0 amide bonds. The van der Waals surface area contributed by atoms with Crippen LogP contribution in [0.25, 0.3) is 0 Å². The van der Waals surface area contributed by atoms with E-state index in [4.69, 9.17) is 11.6 Å². The summed E-state index contributed by atoms with van der Waals surface area (Å²) in [5.41, 5.74) is 0. The van der Waals surface area contributed by atoms with Crippen molar-refractivity contribution < 1.29 is 29.0 Å². The second-order valence-electron chi connectivity index (χ2n) is 0.861. The number of carbonyl (C=O) groups is 1. The molecule has 0 aliphatic rings. The van der Waals surface area contributed by atoms with Crippen LogP contribution in [0.5, 0.6) is 0 Å². The third-order valence-electron chi connectivity index (χ3n) is 0.376. The molecule has 0 N–H and O–H groups in total. The van der Waals surface area contributed by atoms with Crippen LogP contribution in [0.1, 0.15) is 6.92 Å². The molecular formula is C4H6ClO2Zn-. The van der Waals surface area contributed by atoms with Gasteiger partial charge in [0.25, 0.3) is 0 Å². The molecule has 0 aromatic heterocycles. The Morgan fingerprint density at radius 2 is 2.38 bits per heavy atom. The first-order chi connectivity index (χ1) is 3.31.